The molecule has 27 heavy (non-hydrogen) atoms. The lowest BCUT2D eigenvalue weighted by Gasteiger charge is -2.06. The zero-order chi connectivity index (χ0) is 19.6. The highest BCUT2D eigenvalue weighted by atomic mass is 16.6. The second-order valence-electron chi connectivity index (χ2n) is 5.51. The number of non-ortho nitro benzene ring substituents is 1. The van der Waals surface area contributed by atoms with Gasteiger partial charge in [-0.1, -0.05) is 42.5 Å². The number of amides is 1. The van der Waals surface area contributed by atoms with Crippen molar-refractivity contribution in [2.45, 2.75) is 13.0 Å². The van der Waals surface area contributed by atoms with Crippen LogP contribution in [-0.2, 0) is 11.3 Å². The van der Waals surface area contributed by atoms with E-state index in [-0.39, 0.29) is 17.9 Å². The second kappa shape index (κ2) is 9.71. The first-order valence-electron chi connectivity index (χ1n) is 8.10. The Kier molecular flexibility index (Phi) is 7.07. The van der Waals surface area contributed by atoms with E-state index in [1.165, 1.54) is 12.1 Å². The summed E-state index contributed by atoms with van der Waals surface area (Å²) in [6.07, 6.45) is 3.11. The molecule has 0 fully saturated rings. The van der Waals surface area contributed by atoms with Gasteiger partial charge in [-0.25, -0.2) is 9.59 Å². The maximum atomic E-state index is 11.6. The van der Waals surface area contributed by atoms with Crippen molar-refractivity contribution in [1.82, 2.24) is 5.32 Å². The quantitative estimate of drug-likeness (QED) is 0.416. The highest BCUT2D eigenvalue weighted by Gasteiger charge is 2.14. The van der Waals surface area contributed by atoms with Crippen molar-refractivity contribution >= 4 is 23.8 Å². The zero-order valence-electron chi connectivity index (χ0n) is 14.3. The Morgan fingerprint density at radius 3 is 2.59 bits per heavy atom. The van der Waals surface area contributed by atoms with Gasteiger partial charge in [-0.05, 0) is 23.6 Å². The maximum absolute atomic E-state index is 11.6. The van der Waals surface area contributed by atoms with Crippen LogP contribution in [0.1, 0.15) is 27.9 Å². The van der Waals surface area contributed by atoms with E-state index in [2.05, 4.69) is 5.32 Å². The number of carboxylic acids is 1. The number of aromatic carboxylic acids is 1. The lowest BCUT2D eigenvalue weighted by atomic mass is 10.1. The smallest absolute Gasteiger partial charge is 0.407 e. The molecule has 2 aromatic carbocycles. The van der Waals surface area contributed by atoms with Gasteiger partial charge in [-0.2, -0.15) is 0 Å². The van der Waals surface area contributed by atoms with Crippen molar-refractivity contribution in [2.24, 2.45) is 0 Å². The minimum atomic E-state index is -1.25. The van der Waals surface area contributed by atoms with Crippen molar-refractivity contribution in [3.63, 3.8) is 0 Å². The number of nitrogens with one attached hydrogen (secondary N) is 1. The van der Waals surface area contributed by atoms with E-state index in [9.17, 15) is 24.8 Å². The molecule has 0 aliphatic carbocycles. The molecule has 0 unspecified atom stereocenters. The van der Waals surface area contributed by atoms with Gasteiger partial charge in [0.2, 0.25) is 0 Å². The molecule has 0 spiro atoms. The molecule has 0 aliphatic rings. The highest BCUT2D eigenvalue weighted by Crippen LogP contribution is 2.19. The third-order valence-electron chi connectivity index (χ3n) is 3.57. The van der Waals surface area contributed by atoms with Gasteiger partial charge >= 0.3 is 12.1 Å². The molecule has 0 radical (unpaired) electrons. The largest absolute Gasteiger partial charge is 0.478 e. The summed E-state index contributed by atoms with van der Waals surface area (Å²) >= 11 is 0. The van der Waals surface area contributed by atoms with Crippen LogP contribution in [0.25, 0.3) is 6.08 Å². The lowest BCUT2D eigenvalue weighted by Crippen LogP contribution is -2.24. The minimum absolute atomic E-state index is 0.157. The minimum Gasteiger partial charge on any atom is -0.478 e. The first-order valence-corrected chi connectivity index (χ1v) is 8.10. The molecule has 0 heterocycles. The average molecular weight is 370 g/mol. The van der Waals surface area contributed by atoms with E-state index in [0.717, 1.165) is 11.6 Å². The van der Waals surface area contributed by atoms with Gasteiger partial charge in [0, 0.05) is 18.7 Å². The number of nitro groups is 1. The predicted octanol–water partition coefficient (Wildman–Crippen LogP) is 3.62. The third-order valence-corrected chi connectivity index (χ3v) is 3.57. The van der Waals surface area contributed by atoms with Crippen LogP contribution in [0.15, 0.2) is 54.6 Å². The van der Waals surface area contributed by atoms with Crippen molar-refractivity contribution < 1.29 is 24.4 Å². The number of carbonyl (C=O) groups is 2. The summed E-state index contributed by atoms with van der Waals surface area (Å²) in [5.41, 5.74) is 0.787. The predicted molar refractivity (Wildman–Crippen MR) is 98.3 cm³/mol. The molecule has 0 saturated carbocycles. The first-order chi connectivity index (χ1) is 13.0. The summed E-state index contributed by atoms with van der Waals surface area (Å²) in [5, 5.41) is 22.5. The molecule has 0 saturated heterocycles. The number of alkyl carbamates (subject to hydrolysis) is 1. The standard InChI is InChI=1S/C19H18N2O6/c22-18(23)17-12-16(21(25)26)10-9-15(17)8-4-5-11-20-19(24)27-13-14-6-2-1-3-7-14/h1-4,6-10,12H,5,11,13H2,(H,20,24)(H,22,23). The molecule has 0 aliphatic heterocycles. The van der Waals surface area contributed by atoms with Crippen LogP contribution >= 0.6 is 0 Å². The van der Waals surface area contributed by atoms with Crippen molar-refractivity contribution in [3.8, 4) is 0 Å². The van der Waals surface area contributed by atoms with E-state index >= 15 is 0 Å². The van der Waals surface area contributed by atoms with Gasteiger partial charge in [0.25, 0.3) is 5.69 Å². The topological polar surface area (TPSA) is 119 Å². The number of rotatable bonds is 8. The van der Waals surface area contributed by atoms with E-state index in [1.807, 2.05) is 30.3 Å². The summed E-state index contributed by atoms with van der Waals surface area (Å²) in [4.78, 5) is 32.9. The van der Waals surface area contributed by atoms with Gasteiger partial charge in [0.1, 0.15) is 6.61 Å². The molecule has 8 nitrogen and oxygen atoms in total. The normalized spacial score (nSPS) is 10.5. The second-order valence-corrected chi connectivity index (χ2v) is 5.51. The molecule has 2 N–H and O–H groups in total. The molecule has 2 aromatic rings. The highest BCUT2D eigenvalue weighted by molar-refractivity contribution is 5.93. The fraction of sp³-hybridized carbons (Fsp3) is 0.158. The summed E-state index contributed by atoms with van der Waals surface area (Å²) in [6.45, 7) is 0.479. The van der Waals surface area contributed by atoms with Gasteiger partial charge in [0.15, 0.2) is 0 Å². The molecule has 1 amide bonds. The molecule has 0 atom stereocenters. The number of hydrogen-bond donors (Lipinski definition) is 2. The summed E-state index contributed by atoms with van der Waals surface area (Å²) in [5.74, 6) is -1.25. The number of nitro benzene ring substituents is 1. The van der Waals surface area contributed by atoms with E-state index in [1.54, 1.807) is 12.2 Å². The maximum Gasteiger partial charge on any atom is 0.407 e. The Hall–Kier alpha value is -3.68. The number of hydrogen-bond acceptors (Lipinski definition) is 5. The van der Waals surface area contributed by atoms with E-state index in [0.29, 0.717) is 18.5 Å². The Morgan fingerprint density at radius 1 is 1.19 bits per heavy atom. The van der Waals surface area contributed by atoms with Crippen molar-refractivity contribution in [1.29, 1.82) is 0 Å². The molecule has 140 valence electrons. The van der Waals surface area contributed by atoms with Crippen LogP contribution < -0.4 is 5.32 Å². The Bertz CT molecular complexity index is 849. The van der Waals surface area contributed by atoms with Crippen LogP contribution in [0, 0.1) is 10.1 Å². The molecular formula is C19H18N2O6. The Labute approximate surface area is 155 Å². The van der Waals surface area contributed by atoms with Crippen LogP contribution in [0.2, 0.25) is 0 Å². The number of carboxylic acid groups (broad SMARTS) is 1. The van der Waals surface area contributed by atoms with E-state index < -0.39 is 17.0 Å². The third kappa shape index (κ3) is 6.28. The van der Waals surface area contributed by atoms with Gasteiger partial charge in [0.05, 0.1) is 10.5 Å². The summed E-state index contributed by atoms with van der Waals surface area (Å²) in [7, 11) is 0. The van der Waals surface area contributed by atoms with Crippen LogP contribution in [0.3, 0.4) is 0 Å². The number of nitrogens with zero attached hydrogens (tertiary/aromatic N) is 1. The van der Waals surface area contributed by atoms with Crippen LogP contribution in [0.5, 0.6) is 0 Å². The average Bonchev–Trinajstić information content (AvgIpc) is 2.66. The fourth-order valence-electron chi connectivity index (χ4n) is 2.23. The number of benzene rings is 2. The SMILES string of the molecule is O=C(NCCC=Cc1ccc([N+](=O)[O-])cc1C(=O)O)OCc1ccccc1. The van der Waals surface area contributed by atoms with Crippen LogP contribution in [0.4, 0.5) is 10.5 Å². The molecule has 0 bridgehead atoms. The van der Waals surface area contributed by atoms with Crippen LogP contribution in [-0.4, -0.2) is 28.6 Å². The Morgan fingerprint density at radius 2 is 1.93 bits per heavy atom. The van der Waals surface area contributed by atoms with E-state index in [4.69, 9.17) is 4.74 Å². The zero-order valence-corrected chi connectivity index (χ0v) is 14.3. The molecule has 8 heteroatoms. The lowest BCUT2D eigenvalue weighted by molar-refractivity contribution is -0.384. The number of carbonyl (C=O) groups excluding carboxylic acids is 1. The van der Waals surface area contributed by atoms with Gasteiger partial charge < -0.3 is 15.2 Å². The molecule has 2 rings (SSSR count). The first kappa shape index (κ1) is 19.6. The summed E-state index contributed by atoms with van der Waals surface area (Å²) < 4.78 is 5.06. The molecule has 0 aromatic heterocycles. The fourth-order valence-corrected chi connectivity index (χ4v) is 2.23. The van der Waals surface area contributed by atoms with Crippen molar-refractivity contribution in [3.05, 3.63) is 81.4 Å². The van der Waals surface area contributed by atoms with Crippen molar-refractivity contribution in [2.75, 3.05) is 6.54 Å². The summed E-state index contributed by atoms with van der Waals surface area (Å²) in [6, 6.07) is 12.9. The monoisotopic (exact) mass is 370 g/mol. The molecular weight excluding hydrogens is 352 g/mol. The number of ether oxygens (including phenoxy) is 1. The van der Waals surface area contributed by atoms with Gasteiger partial charge in [-0.15, -0.1) is 0 Å². The Balaban J connectivity index is 1.81. The van der Waals surface area contributed by atoms with Gasteiger partial charge in [-0.3, -0.25) is 10.1 Å².